The van der Waals surface area contributed by atoms with Crippen molar-refractivity contribution >= 4 is 28.7 Å². The molecular weight excluding hydrogens is 292 g/mol. The van der Waals surface area contributed by atoms with Crippen molar-refractivity contribution in [2.45, 2.75) is 19.9 Å². The second-order valence-electron chi connectivity index (χ2n) is 5.02. The van der Waals surface area contributed by atoms with E-state index in [1.54, 1.807) is 0 Å². The molecule has 0 fully saturated rings. The molecule has 2 aromatic heterocycles. The molecule has 0 amide bonds. The van der Waals surface area contributed by atoms with Gasteiger partial charge in [0.25, 0.3) is 0 Å². The number of nitrogens with zero attached hydrogens (tertiary/aromatic N) is 2. The first kappa shape index (κ1) is 14.5. The van der Waals surface area contributed by atoms with Gasteiger partial charge in [0.2, 0.25) is 0 Å². The van der Waals surface area contributed by atoms with Crippen molar-refractivity contribution in [1.29, 1.82) is 0 Å². The molecule has 0 unspecified atom stereocenters. The zero-order chi connectivity index (χ0) is 15.4. The fourth-order valence-corrected chi connectivity index (χ4v) is 2.54. The van der Waals surface area contributed by atoms with Gasteiger partial charge in [0.15, 0.2) is 5.11 Å². The summed E-state index contributed by atoms with van der Waals surface area (Å²) < 4.78 is 2.00. The second kappa shape index (κ2) is 6.58. The quantitative estimate of drug-likeness (QED) is 0.725. The highest BCUT2D eigenvalue weighted by Gasteiger charge is 2.04. The van der Waals surface area contributed by atoms with Crippen molar-refractivity contribution < 1.29 is 0 Å². The maximum Gasteiger partial charge on any atom is 0.171 e. The van der Waals surface area contributed by atoms with Crippen LogP contribution in [-0.2, 0) is 13.0 Å². The van der Waals surface area contributed by atoms with E-state index in [4.69, 9.17) is 12.2 Å². The molecule has 3 rings (SSSR count). The van der Waals surface area contributed by atoms with Crippen molar-refractivity contribution in [1.82, 2.24) is 14.7 Å². The Balaban J connectivity index is 1.62. The average Bonchev–Trinajstić information content (AvgIpc) is 2.96. The Bertz CT molecular complexity index is 761. The van der Waals surface area contributed by atoms with Crippen LogP contribution in [0.2, 0.25) is 0 Å². The molecule has 5 heteroatoms. The number of hydrogen-bond donors (Lipinski definition) is 2. The lowest BCUT2D eigenvalue weighted by atomic mass is 10.1. The minimum Gasteiger partial charge on any atom is -0.357 e. The van der Waals surface area contributed by atoms with Gasteiger partial charge in [-0.05, 0) is 42.4 Å². The van der Waals surface area contributed by atoms with Crippen LogP contribution >= 0.6 is 12.2 Å². The van der Waals surface area contributed by atoms with Crippen LogP contribution in [0.4, 0.5) is 5.69 Å². The van der Waals surface area contributed by atoms with Crippen molar-refractivity contribution in [2.24, 2.45) is 0 Å². The number of rotatable bonds is 4. The van der Waals surface area contributed by atoms with Crippen molar-refractivity contribution in [3.8, 4) is 0 Å². The SMILES string of the molecule is CCc1ccccc1NC(=S)NCc1cn2ccccc2n1. The molecule has 0 aliphatic rings. The van der Waals surface area contributed by atoms with Crippen LogP contribution < -0.4 is 10.6 Å². The van der Waals surface area contributed by atoms with E-state index < -0.39 is 0 Å². The third kappa shape index (κ3) is 3.26. The molecule has 0 radical (unpaired) electrons. The minimum absolute atomic E-state index is 0.599. The highest BCUT2D eigenvalue weighted by atomic mass is 32.1. The standard InChI is InChI=1S/C17H18N4S/c1-2-13-7-3-4-8-15(13)20-17(22)18-11-14-12-21-10-6-5-9-16(21)19-14/h3-10,12H,2,11H2,1H3,(H2,18,20,22). The zero-order valence-electron chi connectivity index (χ0n) is 12.4. The Morgan fingerprint density at radius 1 is 1.18 bits per heavy atom. The number of para-hydroxylation sites is 1. The molecule has 0 atom stereocenters. The molecule has 3 aromatic rings. The fourth-order valence-electron chi connectivity index (χ4n) is 2.36. The number of hydrogen-bond acceptors (Lipinski definition) is 2. The molecule has 0 aliphatic heterocycles. The number of benzene rings is 1. The van der Waals surface area contributed by atoms with E-state index in [0.29, 0.717) is 11.7 Å². The van der Waals surface area contributed by atoms with E-state index in [-0.39, 0.29) is 0 Å². The molecular formula is C17H18N4S. The summed E-state index contributed by atoms with van der Waals surface area (Å²) >= 11 is 5.37. The topological polar surface area (TPSA) is 41.4 Å². The summed E-state index contributed by atoms with van der Waals surface area (Å²) in [6, 6.07) is 14.1. The first-order valence-electron chi connectivity index (χ1n) is 7.31. The van der Waals surface area contributed by atoms with Crippen LogP contribution in [0.15, 0.2) is 54.9 Å². The number of pyridine rings is 1. The number of nitrogens with one attached hydrogen (secondary N) is 2. The van der Waals surface area contributed by atoms with E-state index in [2.05, 4.69) is 28.6 Å². The molecule has 112 valence electrons. The monoisotopic (exact) mass is 310 g/mol. The lowest BCUT2D eigenvalue weighted by Crippen LogP contribution is -2.28. The van der Waals surface area contributed by atoms with Crippen LogP contribution in [0, 0.1) is 0 Å². The number of imidazole rings is 1. The van der Waals surface area contributed by atoms with Gasteiger partial charge in [0.05, 0.1) is 12.2 Å². The zero-order valence-corrected chi connectivity index (χ0v) is 13.2. The lowest BCUT2D eigenvalue weighted by molar-refractivity contribution is 0.894. The average molecular weight is 310 g/mol. The number of thiocarbonyl (C=S) groups is 1. The van der Waals surface area contributed by atoms with Gasteiger partial charge in [-0.1, -0.05) is 31.2 Å². The summed E-state index contributed by atoms with van der Waals surface area (Å²) in [4.78, 5) is 4.54. The highest BCUT2D eigenvalue weighted by molar-refractivity contribution is 7.80. The van der Waals surface area contributed by atoms with Crippen LogP contribution in [0.25, 0.3) is 5.65 Å². The van der Waals surface area contributed by atoms with Crippen LogP contribution in [0.1, 0.15) is 18.2 Å². The van der Waals surface area contributed by atoms with Gasteiger partial charge in [-0.25, -0.2) is 4.98 Å². The third-order valence-corrected chi connectivity index (χ3v) is 3.74. The summed E-state index contributed by atoms with van der Waals surface area (Å²) in [7, 11) is 0. The molecule has 4 nitrogen and oxygen atoms in total. The summed E-state index contributed by atoms with van der Waals surface area (Å²) in [5.41, 5.74) is 4.20. The Morgan fingerprint density at radius 3 is 2.82 bits per heavy atom. The van der Waals surface area contributed by atoms with Gasteiger partial charge < -0.3 is 15.0 Å². The van der Waals surface area contributed by atoms with Crippen LogP contribution in [0.3, 0.4) is 0 Å². The minimum atomic E-state index is 0.599. The second-order valence-corrected chi connectivity index (χ2v) is 5.42. The van der Waals surface area contributed by atoms with E-state index in [1.807, 2.05) is 53.2 Å². The number of aromatic nitrogens is 2. The van der Waals surface area contributed by atoms with Crippen molar-refractivity contribution in [3.63, 3.8) is 0 Å². The molecule has 0 spiro atoms. The first-order chi connectivity index (χ1) is 10.8. The molecule has 2 heterocycles. The van der Waals surface area contributed by atoms with E-state index in [0.717, 1.165) is 23.4 Å². The molecule has 1 aromatic carbocycles. The Hall–Kier alpha value is -2.40. The molecule has 0 bridgehead atoms. The molecule has 2 N–H and O–H groups in total. The Morgan fingerprint density at radius 2 is 2.00 bits per heavy atom. The first-order valence-corrected chi connectivity index (χ1v) is 7.72. The molecule has 0 saturated carbocycles. The van der Waals surface area contributed by atoms with Gasteiger partial charge in [0, 0.05) is 18.1 Å². The van der Waals surface area contributed by atoms with Crippen LogP contribution in [-0.4, -0.2) is 14.5 Å². The number of anilines is 1. The molecule has 22 heavy (non-hydrogen) atoms. The number of aryl methyl sites for hydroxylation is 1. The predicted molar refractivity (Wildman–Crippen MR) is 94.1 cm³/mol. The smallest absolute Gasteiger partial charge is 0.171 e. The summed E-state index contributed by atoms with van der Waals surface area (Å²) in [5.74, 6) is 0. The van der Waals surface area contributed by atoms with Crippen molar-refractivity contribution in [3.05, 3.63) is 66.1 Å². The van der Waals surface area contributed by atoms with Gasteiger partial charge in [0.1, 0.15) is 5.65 Å². The Kier molecular flexibility index (Phi) is 4.34. The van der Waals surface area contributed by atoms with Gasteiger partial charge in [-0.2, -0.15) is 0 Å². The molecule has 0 aliphatic carbocycles. The van der Waals surface area contributed by atoms with E-state index in [1.165, 1.54) is 5.56 Å². The maximum atomic E-state index is 5.37. The number of fused-ring (bicyclic) bond motifs is 1. The summed E-state index contributed by atoms with van der Waals surface area (Å²) in [6.45, 7) is 2.73. The normalized spacial score (nSPS) is 10.6. The highest BCUT2D eigenvalue weighted by Crippen LogP contribution is 2.15. The van der Waals surface area contributed by atoms with Gasteiger partial charge >= 0.3 is 0 Å². The summed E-state index contributed by atoms with van der Waals surface area (Å²) in [5, 5.41) is 7.06. The van der Waals surface area contributed by atoms with Gasteiger partial charge in [-0.15, -0.1) is 0 Å². The predicted octanol–water partition coefficient (Wildman–Crippen LogP) is 3.38. The largest absolute Gasteiger partial charge is 0.357 e. The van der Waals surface area contributed by atoms with Gasteiger partial charge in [-0.3, -0.25) is 0 Å². The fraction of sp³-hybridized carbons (Fsp3) is 0.176. The van der Waals surface area contributed by atoms with Crippen LogP contribution in [0.5, 0.6) is 0 Å². The van der Waals surface area contributed by atoms with Crippen molar-refractivity contribution in [2.75, 3.05) is 5.32 Å². The third-order valence-electron chi connectivity index (χ3n) is 3.49. The maximum absolute atomic E-state index is 5.37. The molecule has 0 saturated heterocycles. The lowest BCUT2D eigenvalue weighted by Gasteiger charge is -2.12. The van der Waals surface area contributed by atoms with E-state index >= 15 is 0 Å². The Labute approximate surface area is 135 Å². The summed E-state index contributed by atoms with van der Waals surface area (Å²) in [6.07, 6.45) is 4.96. The van der Waals surface area contributed by atoms with E-state index in [9.17, 15) is 0 Å².